The van der Waals surface area contributed by atoms with Gasteiger partial charge in [-0.2, -0.15) is 4.89 Å². The predicted octanol–water partition coefficient (Wildman–Crippen LogP) is 1.80. The highest BCUT2D eigenvalue weighted by atomic mass is 31.1. The normalized spacial score (nSPS) is 13.0. The Bertz CT molecular complexity index is 260. The van der Waals surface area contributed by atoms with Gasteiger partial charge in [0.2, 0.25) is 0 Å². The molecule has 0 bridgehead atoms. The lowest BCUT2D eigenvalue weighted by Gasteiger charge is -1.94. The smallest absolute Gasteiger partial charge is 0.345 e. The summed E-state index contributed by atoms with van der Waals surface area (Å²) in [4.78, 5) is 8.53. The molecule has 1 aromatic carbocycles. The first-order chi connectivity index (χ1) is 5.22. The monoisotopic (exact) mass is 190 g/mol. The van der Waals surface area contributed by atoms with Crippen LogP contribution < -0.4 is 6.15 Å². The molecule has 12 heavy (non-hydrogen) atoms. The van der Waals surface area contributed by atoms with Crippen LogP contribution in [0.15, 0.2) is 30.3 Å². The molecule has 5 N–H and O–H groups in total. The van der Waals surface area contributed by atoms with E-state index < -0.39 is 13.9 Å². The van der Waals surface area contributed by atoms with Gasteiger partial charge in [-0.3, -0.25) is 0 Å². The lowest BCUT2D eigenvalue weighted by Crippen LogP contribution is -1.89. The van der Waals surface area contributed by atoms with Gasteiger partial charge in [-0.1, -0.05) is 30.3 Å². The molecule has 0 amide bonds. The molecule has 0 saturated heterocycles. The Labute approximate surface area is 74.3 Å². The summed E-state index contributed by atoms with van der Waals surface area (Å²) in [6.07, 6.45) is 0. The van der Waals surface area contributed by atoms with Crippen LogP contribution >= 0.6 is 8.03 Å². The van der Waals surface area contributed by atoms with Crippen LogP contribution in [0, 0.1) is 0 Å². The number of hydrogen-bond donors (Lipinski definition) is 3. The largest absolute Gasteiger partial charge is 1.00 e. The molecule has 66 valence electrons. The van der Waals surface area contributed by atoms with Gasteiger partial charge in [-0.25, -0.2) is 0 Å². The van der Waals surface area contributed by atoms with Crippen molar-refractivity contribution >= 4 is 8.03 Å². The number of aliphatic hydroxyl groups excluding tert-OH is 1. The van der Waals surface area contributed by atoms with E-state index in [1.54, 1.807) is 30.3 Å². The van der Waals surface area contributed by atoms with Gasteiger partial charge in [-0.15, -0.1) is 0 Å². The van der Waals surface area contributed by atoms with Crippen LogP contribution in [0.1, 0.15) is 14.3 Å². The Hall–Kier alpha value is -0.800. The van der Waals surface area contributed by atoms with E-state index in [2.05, 4.69) is 0 Å². The van der Waals surface area contributed by atoms with Gasteiger partial charge in [-0.05, 0) is 4.57 Å². The van der Waals surface area contributed by atoms with Crippen LogP contribution in [0.2, 0.25) is 0 Å². The van der Waals surface area contributed by atoms with Crippen LogP contribution in [-0.2, 0) is 4.57 Å². The maximum Gasteiger partial charge on any atom is 1.00 e. The quantitative estimate of drug-likeness (QED) is 0.620. The molecule has 2 atom stereocenters. The van der Waals surface area contributed by atoms with E-state index in [1.807, 2.05) is 0 Å². The first-order valence-electron chi connectivity index (χ1n) is 3.10. The van der Waals surface area contributed by atoms with Crippen molar-refractivity contribution < 1.29 is 17.4 Å². The minimum absolute atomic E-state index is 0. The maximum atomic E-state index is 10.4. The molecular weight excluding hydrogens is 177 g/mol. The zero-order valence-electron chi connectivity index (χ0n) is 8.42. The van der Waals surface area contributed by atoms with Crippen molar-refractivity contribution in [3.05, 3.63) is 35.9 Å². The zero-order valence-corrected chi connectivity index (χ0v) is 7.32. The molecule has 0 aliphatic carbocycles. The average Bonchev–Trinajstić information content (AvgIpc) is 2.05. The highest BCUT2D eigenvalue weighted by Crippen LogP contribution is 2.34. The van der Waals surface area contributed by atoms with Crippen molar-refractivity contribution in [2.75, 3.05) is 0 Å². The van der Waals surface area contributed by atoms with Gasteiger partial charge in [0.1, 0.15) is 0 Å². The first-order valence-corrected chi connectivity index (χ1v) is 4.38. The van der Waals surface area contributed by atoms with E-state index in [4.69, 9.17) is 10.00 Å². The molecule has 0 heterocycles. The molecule has 0 aliphatic heterocycles. The first kappa shape index (κ1) is 11.2. The molecular formula is C7H13NO3P+3. The molecule has 0 spiro atoms. The predicted molar refractivity (Wildman–Crippen MR) is 48.5 cm³/mol. The Morgan fingerprint density at radius 1 is 1.33 bits per heavy atom. The highest BCUT2D eigenvalue weighted by Gasteiger charge is 2.27. The molecule has 5 heteroatoms. The van der Waals surface area contributed by atoms with Crippen molar-refractivity contribution in [2.45, 2.75) is 5.85 Å². The molecule has 0 radical (unpaired) electrons. The van der Waals surface area contributed by atoms with E-state index in [9.17, 15) is 4.57 Å². The van der Waals surface area contributed by atoms with Gasteiger partial charge < -0.3 is 11.3 Å². The summed E-state index contributed by atoms with van der Waals surface area (Å²) in [6, 6.07) is 8.40. The zero-order chi connectivity index (χ0) is 8.27. The topological polar surface area (TPSA) is 92.5 Å². The van der Waals surface area contributed by atoms with Crippen LogP contribution in [0.3, 0.4) is 0 Å². The number of benzene rings is 1. The van der Waals surface area contributed by atoms with E-state index in [0.29, 0.717) is 5.56 Å². The number of aliphatic hydroxyl groups is 1. The maximum absolute atomic E-state index is 10.4. The fourth-order valence-corrected chi connectivity index (χ4v) is 1.18. The highest BCUT2D eigenvalue weighted by molar-refractivity contribution is 7.38. The molecule has 2 unspecified atom stereocenters. The molecule has 0 saturated carbocycles. The molecule has 1 rings (SSSR count). The fourth-order valence-electron chi connectivity index (χ4n) is 0.753. The second-order valence-electron chi connectivity index (χ2n) is 2.09. The van der Waals surface area contributed by atoms with Crippen molar-refractivity contribution in [3.63, 3.8) is 0 Å². The number of hydrogen-bond acceptors (Lipinski definition) is 3. The molecule has 0 aromatic heterocycles. The summed E-state index contributed by atoms with van der Waals surface area (Å²) < 4.78 is 10.4. The number of rotatable bonds is 2. The van der Waals surface area contributed by atoms with Gasteiger partial charge in [0.25, 0.3) is 0 Å². The van der Waals surface area contributed by atoms with Gasteiger partial charge in [0, 0.05) is 5.56 Å². The molecule has 4 nitrogen and oxygen atoms in total. The van der Waals surface area contributed by atoms with E-state index in [1.165, 1.54) is 0 Å². The van der Waals surface area contributed by atoms with E-state index in [0.717, 1.165) is 0 Å². The SMILES string of the molecule is N.O=[P+](O)C(O)c1ccccc1.[H+].[H+]. The summed E-state index contributed by atoms with van der Waals surface area (Å²) in [7, 11) is -2.53. The summed E-state index contributed by atoms with van der Waals surface area (Å²) >= 11 is 0. The second-order valence-corrected chi connectivity index (χ2v) is 3.18. The molecule has 1 aromatic rings. The third-order valence-corrected chi connectivity index (χ3v) is 2.02. The van der Waals surface area contributed by atoms with Crippen molar-refractivity contribution in [1.29, 1.82) is 0 Å². The lowest BCUT2D eigenvalue weighted by molar-refractivity contribution is 0.243. The van der Waals surface area contributed by atoms with Crippen molar-refractivity contribution in [1.82, 2.24) is 6.15 Å². The van der Waals surface area contributed by atoms with Crippen LogP contribution in [0.4, 0.5) is 0 Å². The van der Waals surface area contributed by atoms with E-state index in [-0.39, 0.29) is 9.00 Å². The second kappa shape index (κ2) is 4.95. The summed E-state index contributed by atoms with van der Waals surface area (Å²) in [6.45, 7) is 0. The molecule has 0 aliphatic rings. The minimum Gasteiger partial charge on any atom is -0.345 e. The van der Waals surface area contributed by atoms with Crippen LogP contribution in [0.5, 0.6) is 0 Å². The van der Waals surface area contributed by atoms with E-state index >= 15 is 0 Å². The van der Waals surface area contributed by atoms with Crippen molar-refractivity contribution in [3.8, 4) is 0 Å². The summed E-state index contributed by atoms with van der Waals surface area (Å²) in [5.41, 5.74) is 0.469. The minimum atomic E-state index is -2.53. The third kappa shape index (κ3) is 2.68. The fraction of sp³-hybridized carbons (Fsp3) is 0.143. The summed E-state index contributed by atoms with van der Waals surface area (Å²) in [5.74, 6) is -1.26. The summed E-state index contributed by atoms with van der Waals surface area (Å²) in [5, 5.41) is 9.06. The van der Waals surface area contributed by atoms with Crippen LogP contribution in [0.25, 0.3) is 0 Å². The van der Waals surface area contributed by atoms with Crippen LogP contribution in [-0.4, -0.2) is 10.00 Å². The van der Waals surface area contributed by atoms with Gasteiger partial charge >= 0.3 is 16.7 Å². The lowest BCUT2D eigenvalue weighted by atomic mass is 10.2. The Kier molecular flexibility index (Phi) is 4.62. The Balaban J connectivity index is -0.000000403. The Morgan fingerprint density at radius 3 is 2.25 bits per heavy atom. The van der Waals surface area contributed by atoms with Crippen molar-refractivity contribution in [2.24, 2.45) is 0 Å². The van der Waals surface area contributed by atoms with Gasteiger partial charge in [0.05, 0.1) is 0 Å². The third-order valence-electron chi connectivity index (χ3n) is 1.31. The Morgan fingerprint density at radius 2 is 1.83 bits per heavy atom. The molecule has 0 fully saturated rings. The standard InChI is InChI=1S/C7H7O3P.H3N/c8-7(11(9)10)6-4-2-1-3-5-6;/h1-5,7-8H;1H3/p+3. The van der Waals surface area contributed by atoms with Gasteiger partial charge in [0.15, 0.2) is 0 Å². The average molecular weight is 190 g/mol.